The van der Waals surface area contributed by atoms with Crippen molar-refractivity contribution in [1.82, 2.24) is 9.47 Å². The van der Waals surface area contributed by atoms with E-state index in [2.05, 4.69) is 0 Å². The molecule has 8 nitrogen and oxygen atoms in total. The van der Waals surface area contributed by atoms with Crippen LogP contribution < -0.4 is 5.56 Å². The molecule has 1 fully saturated rings. The van der Waals surface area contributed by atoms with Crippen molar-refractivity contribution in [1.29, 1.82) is 0 Å². The molecule has 1 atom stereocenters. The third kappa shape index (κ3) is 2.65. The van der Waals surface area contributed by atoms with Crippen LogP contribution >= 0.6 is 0 Å². The number of nitrogens with zero attached hydrogens (tertiary/aromatic N) is 2. The molecular formula is C14H16N2O6S. The first-order valence-electron chi connectivity index (χ1n) is 7.29. The zero-order chi connectivity index (χ0) is 16.8. The summed E-state index contributed by atoms with van der Waals surface area (Å²) in [5.41, 5.74) is -0.994. The highest BCUT2D eigenvalue weighted by Gasteiger charge is 2.36. The van der Waals surface area contributed by atoms with Crippen molar-refractivity contribution in [3.63, 3.8) is 0 Å². The third-order valence-corrected chi connectivity index (χ3v) is 6.65. The van der Waals surface area contributed by atoms with E-state index in [1.807, 2.05) is 0 Å². The molecule has 23 heavy (non-hydrogen) atoms. The quantitative estimate of drug-likeness (QED) is 0.799. The molecule has 1 unspecified atom stereocenters. The number of sulfone groups is 1. The monoisotopic (exact) mass is 340 g/mol. The summed E-state index contributed by atoms with van der Waals surface area (Å²) in [5.74, 6) is -1.62. The normalized spacial score (nSPS) is 22.9. The fraction of sp³-hybridized carbons (Fsp3) is 0.500. The zero-order valence-electron chi connectivity index (χ0n) is 12.3. The second-order valence-electron chi connectivity index (χ2n) is 5.78. The number of hydrogen-bond acceptors (Lipinski definition) is 5. The first-order chi connectivity index (χ1) is 10.8. The molecule has 0 bridgehead atoms. The molecule has 1 saturated heterocycles. The highest BCUT2D eigenvalue weighted by Crippen LogP contribution is 2.22. The van der Waals surface area contributed by atoms with Gasteiger partial charge in [-0.25, -0.2) is 13.2 Å². The van der Waals surface area contributed by atoms with Gasteiger partial charge in [0, 0.05) is 19.6 Å². The Hall–Kier alpha value is -2.16. The van der Waals surface area contributed by atoms with E-state index in [0.717, 1.165) is 10.6 Å². The lowest BCUT2D eigenvalue weighted by Gasteiger charge is -2.31. The van der Waals surface area contributed by atoms with Gasteiger partial charge in [-0.15, -0.1) is 0 Å². The summed E-state index contributed by atoms with van der Waals surface area (Å²) in [7, 11) is -3.15. The van der Waals surface area contributed by atoms with E-state index in [-0.39, 0.29) is 36.6 Å². The van der Waals surface area contributed by atoms with Crippen molar-refractivity contribution in [3.8, 4) is 0 Å². The minimum atomic E-state index is -3.15. The van der Waals surface area contributed by atoms with Gasteiger partial charge < -0.3 is 14.6 Å². The Labute approximate surface area is 132 Å². The first-order valence-corrected chi connectivity index (χ1v) is 9.01. The highest BCUT2D eigenvalue weighted by molar-refractivity contribution is 7.92. The number of aromatic carboxylic acids is 1. The van der Waals surface area contributed by atoms with E-state index < -0.39 is 32.5 Å². The number of hydrogen-bond donors (Lipinski definition) is 1. The zero-order valence-corrected chi connectivity index (χ0v) is 13.1. The van der Waals surface area contributed by atoms with E-state index in [1.54, 1.807) is 0 Å². The van der Waals surface area contributed by atoms with Crippen LogP contribution in [0.5, 0.6) is 0 Å². The third-order valence-electron chi connectivity index (χ3n) is 4.39. The number of carboxylic acid groups (broad SMARTS) is 1. The summed E-state index contributed by atoms with van der Waals surface area (Å²) >= 11 is 0. The molecule has 0 radical (unpaired) electrons. The number of carbonyl (C=O) groups is 2. The summed E-state index contributed by atoms with van der Waals surface area (Å²) in [6.45, 7) is 0.477. The Morgan fingerprint density at radius 2 is 2.00 bits per heavy atom. The lowest BCUT2D eigenvalue weighted by atomic mass is 10.1. The van der Waals surface area contributed by atoms with Crippen LogP contribution in [0.25, 0.3) is 0 Å². The Morgan fingerprint density at radius 1 is 1.26 bits per heavy atom. The molecule has 2 aliphatic heterocycles. The Balaban J connectivity index is 1.89. The summed E-state index contributed by atoms with van der Waals surface area (Å²) in [4.78, 5) is 37.0. The van der Waals surface area contributed by atoms with Gasteiger partial charge in [-0.1, -0.05) is 0 Å². The van der Waals surface area contributed by atoms with Crippen LogP contribution in [0.4, 0.5) is 0 Å². The molecule has 0 aromatic carbocycles. The number of fused-ring (bicyclic) bond motifs is 1. The van der Waals surface area contributed by atoms with E-state index in [1.165, 1.54) is 11.0 Å². The molecule has 0 aliphatic carbocycles. The lowest BCUT2D eigenvalue weighted by molar-refractivity contribution is 0.0673. The lowest BCUT2D eigenvalue weighted by Crippen LogP contribution is -2.48. The molecule has 1 amide bonds. The molecule has 0 spiro atoms. The summed E-state index contributed by atoms with van der Waals surface area (Å²) in [5, 5.41) is 8.40. The molecule has 1 N–H and O–H groups in total. The molecule has 2 aliphatic rings. The Kier molecular flexibility index (Phi) is 3.75. The predicted molar refractivity (Wildman–Crippen MR) is 80.4 cm³/mol. The van der Waals surface area contributed by atoms with Gasteiger partial charge in [-0.2, -0.15) is 0 Å². The number of pyridine rings is 1. The maximum Gasteiger partial charge on any atom is 0.341 e. The maximum atomic E-state index is 12.5. The van der Waals surface area contributed by atoms with Gasteiger partial charge in [0.1, 0.15) is 11.3 Å². The van der Waals surface area contributed by atoms with Crippen molar-refractivity contribution in [2.75, 3.05) is 18.8 Å². The summed E-state index contributed by atoms with van der Waals surface area (Å²) < 4.78 is 25.0. The molecule has 9 heteroatoms. The fourth-order valence-corrected chi connectivity index (χ4v) is 4.95. The summed E-state index contributed by atoms with van der Waals surface area (Å²) in [6.07, 6.45) is 1.14. The van der Waals surface area contributed by atoms with Crippen molar-refractivity contribution < 1.29 is 23.1 Å². The number of aromatic nitrogens is 1. The van der Waals surface area contributed by atoms with Crippen molar-refractivity contribution in [3.05, 3.63) is 33.7 Å². The van der Waals surface area contributed by atoms with Crippen LogP contribution in [0.2, 0.25) is 0 Å². The fourth-order valence-electron chi connectivity index (χ4n) is 3.12. The number of carbonyl (C=O) groups excluding carboxylic acids is 1. The van der Waals surface area contributed by atoms with E-state index in [0.29, 0.717) is 12.8 Å². The van der Waals surface area contributed by atoms with Crippen molar-refractivity contribution in [2.45, 2.75) is 24.6 Å². The van der Waals surface area contributed by atoms with Crippen LogP contribution in [-0.4, -0.2) is 59.0 Å². The molecule has 1 aromatic heterocycles. The average Bonchev–Trinajstić information content (AvgIpc) is 2.81. The Morgan fingerprint density at radius 3 is 2.61 bits per heavy atom. The molecule has 0 saturated carbocycles. The van der Waals surface area contributed by atoms with Gasteiger partial charge in [0.25, 0.3) is 11.5 Å². The second-order valence-corrected chi connectivity index (χ2v) is 8.18. The largest absolute Gasteiger partial charge is 0.477 e. The molecule has 124 valence electrons. The van der Waals surface area contributed by atoms with Crippen LogP contribution in [0.1, 0.15) is 33.7 Å². The van der Waals surface area contributed by atoms with Gasteiger partial charge in [0.2, 0.25) is 0 Å². The average molecular weight is 340 g/mol. The topological polar surface area (TPSA) is 114 Å². The standard InChI is InChI=1S/C14H16N2O6S/c17-12-10(14(19)20)3-4-11-13(18)15(5-6-16(11)12)8-9-2-1-7-23(9,21)22/h3-4,9H,1-2,5-8H2,(H,19,20). The van der Waals surface area contributed by atoms with Crippen LogP contribution in [0, 0.1) is 0 Å². The minimum absolute atomic E-state index is 0.0987. The van der Waals surface area contributed by atoms with E-state index in [4.69, 9.17) is 5.11 Å². The Bertz CT molecular complexity index is 841. The smallest absolute Gasteiger partial charge is 0.341 e. The number of amides is 1. The first kappa shape index (κ1) is 15.7. The molecule has 1 aromatic rings. The van der Waals surface area contributed by atoms with Crippen LogP contribution in [0.15, 0.2) is 16.9 Å². The highest BCUT2D eigenvalue weighted by atomic mass is 32.2. The SMILES string of the molecule is O=C(O)c1ccc2n(c1=O)CCN(CC1CCCS1(=O)=O)C2=O. The summed E-state index contributed by atoms with van der Waals surface area (Å²) in [6, 6.07) is 2.42. The van der Waals surface area contributed by atoms with Gasteiger partial charge in [0.15, 0.2) is 9.84 Å². The van der Waals surface area contributed by atoms with Gasteiger partial charge >= 0.3 is 5.97 Å². The van der Waals surface area contributed by atoms with Crippen molar-refractivity contribution in [2.24, 2.45) is 0 Å². The number of carboxylic acids is 1. The molecule has 3 rings (SSSR count). The van der Waals surface area contributed by atoms with Gasteiger partial charge in [0.05, 0.1) is 11.0 Å². The maximum absolute atomic E-state index is 12.5. The number of rotatable bonds is 3. The second kappa shape index (κ2) is 5.48. The van der Waals surface area contributed by atoms with Gasteiger partial charge in [-0.05, 0) is 25.0 Å². The van der Waals surface area contributed by atoms with Gasteiger partial charge in [-0.3, -0.25) is 9.59 Å². The van der Waals surface area contributed by atoms with Crippen molar-refractivity contribution >= 4 is 21.7 Å². The van der Waals surface area contributed by atoms with Crippen LogP contribution in [-0.2, 0) is 16.4 Å². The van der Waals surface area contributed by atoms with E-state index in [9.17, 15) is 22.8 Å². The van der Waals surface area contributed by atoms with E-state index >= 15 is 0 Å². The molecule has 3 heterocycles. The molecular weight excluding hydrogens is 324 g/mol. The minimum Gasteiger partial charge on any atom is -0.477 e. The van der Waals surface area contributed by atoms with Crippen LogP contribution in [0.3, 0.4) is 0 Å². The predicted octanol–water partition coefficient (Wildman–Crippen LogP) is -0.420.